The van der Waals surface area contributed by atoms with Crippen LogP contribution in [0.25, 0.3) is 0 Å². The Labute approximate surface area is 122 Å². The summed E-state index contributed by atoms with van der Waals surface area (Å²) in [6.45, 7) is 14.6. The fourth-order valence-electron chi connectivity index (χ4n) is 1.80. The van der Waals surface area contributed by atoms with Gasteiger partial charge in [-0.1, -0.05) is 13.8 Å². The van der Waals surface area contributed by atoms with Crippen molar-refractivity contribution in [3.05, 3.63) is 11.9 Å². The molecule has 3 N–H and O–H groups in total. The fraction of sp³-hybridized carbons (Fsp3) is 0.733. The first-order valence-electron chi connectivity index (χ1n) is 7.19. The quantitative estimate of drug-likeness (QED) is 0.747. The molecule has 114 valence electrons. The van der Waals surface area contributed by atoms with Crippen molar-refractivity contribution in [3.63, 3.8) is 0 Å². The van der Waals surface area contributed by atoms with E-state index < -0.39 is 11.1 Å². The maximum absolute atomic E-state index is 10.3. The third kappa shape index (κ3) is 3.60. The molecule has 0 bridgehead atoms. The van der Waals surface area contributed by atoms with Gasteiger partial charge >= 0.3 is 0 Å². The zero-order chi connectivity index (χ0) is 15.6. The molecule has 0 aliphatic carbocycles. The lowest BCUT2D eigenvalue weighted by Gasteiger charge is -2.39. The summed E-state index contributed by atoms with van der Waals surface area (Å²) in [5, 5.41) is 16.9. The molecular formula is C15H28N4O. The molecule has 0 saturated heterocycles. The van der Waals surface area contributed by atoms with Crippen molar-refractivity contribution >= 4 is 11.6 Å². The predicted octanol–water partition coefficient (Wildman–Crippen LogP) is 2.99. The highest BCUT2D eigenvalue weighted by Gasteiger charge is 2.36. The van der Waals surface area contributed by atoms with Crippen molar-refractivity contribution in [1.82, 2.24) is 9.97 Å². The van der Waals surface area contributed by atoms with Gasteiger partial charge in [-0.05, 0) is 40.5 Å². The third-order valence-corrected chi connectivity index (χ3v) is 3.77. The molecule has 0 unspecified atom stereocenters. The second-order valence-corrected chi connectivity index (χ2v) is 6.48. The minimum atomic E-state index is -0.870. The highest BCUT2D eigenvalue weighted by atomic mass is 16.3. The first kappa shape index (κ1) is 16.7. The Hall–Kier alpha value is -1.36. The molecule has 0 amide bonds. The van der Waals surface area contributed by atoms with E-state index in [4.69, 9.17) is 0 Å². The monoisotopic (exact) mass is 280 g/mol. The van der Waals surface area contributed by atoms with Gasteiger partial charge in [0.1, 0.15) is 18.0 Å². The van der Waals surface area contributed by atoms with Crippen LogP contribution in [-0.2, 0) is 0 Å². The van der Waals surface area contributed by atoms with Crippen LogP contribution in [0.15, 0.2) is 6.33 Å². The molecule has 0 aliphatic rings. The summed E-state index contributed by atoms with van der Waals surface area (Å²) in [7, 11) is 0. The lowest BCUT2D eigenvalue weighted by atomic mass is 9.85. The predicted molar refractivity (Wildman–Crippen MR) is 84.3 cm³/mol. The van der Waals surface area contributed by atoms with Crippen LogP contribution in [0, 0.1) is 0 Å². The Kier molecular flexibility index (Phi) is 4.97. The fourth-order valence-corrected chi connectivity index (χ4v) is 1.80. The first-order valence-corrected chi connectivity index (χ1v) is 7.19. The van der Waals surface area contributed by atoms with Crippen molar-refractivity contribution in [2.75, 3.05) is 17.2 Å². The molecule has 0 aromatic carbocycles. The van der Waals surface area contributed by atoms with Crippen LogP contribution in [-0.4, -0.2) is 32.8 Å². The van der Waals surface area contributed by atoms with Gasteiger partial charge in [-0.2, -0.15) is 0 Å². The molecule has 1 heterocycles. The summed E-state index contributed by atoms with van der Waals surface area (Å²) in [5.41, 5.74) is -0.328. The van der Waals surface area contributed by atoms with E-state index in [1.807, 2.05) is 20.8 Å². The van der Waals surface area contributed by atoms with Crippen molar-refractivity contribution in [3.8, 4) is 0 Å². The average molecular weight is 280 g/mol. The number of rotatable bonds is 6. The Balaban J connectivity index is 3.22. The van der Waals surface area contributed by atoms with Crippen molar-refractivity contribution in [2.45, 2.75) is 65.5 Å². The maximum Gasteiger partial charge on any atom is 0.135 e. The number of nitrogens with one attached hydrogen (secondary N) is 2. The van der Waals surface area contributed by atoms with E-state index in [-0.39, 0.29) is 5.92 Å². The van der Waals surface area contributed by atoms with Crippen LogP contribution in [0.2, 0.25) is 0 Å². The Morgan fingerprint density at radius 2 is 1.70 bits per heavy atom. The van der Waals surface area contributed by atoms with Crippen LogP contribution in [0.3, 0.4) is 0 Å². The second kappa shape index (κ2) is 5.95. The number of nitrogens with zero attached hydrogens (tertiary/aromatic N) is 2. The van der Waals surface area contributed by atoms with Crippen LogP contribution in [0.1, 0.15) is 59.9 Å². The summed E-state index contributed by atoms with van der Waals surface area (Å²) in [6.07, 6.45) is 1.55. The van der Waals surface area contributed by atoms with E-state index in [1.165, 1.54) is 0 Å². The van der Waals surface area contributed by atoms with Crippen LogP contribution in [0.5, 0.6) is 0 Å². The second-order valence-electron chi connectivity index (χ2n) is 6.48. The topological polar surface area (TPSA) is 70.1 Å². The number of anilines is 2. The third-order valence-electron chi connectivity index (χ3n) is 3.77. The van der Waals surface area contributed by atoms with Crippen LogP contribution < -0.4 is 10.6 Å². The Morgan fingerprint density at radius 1 is 1.15 bits per heavy atom. The summed E-state index contributed by atoms with van der Waals surface area (Å²) in [5.74, 6) is 1.91. The largest absolute Gasteiger partial charge is 0.388 e. The Morgan fingerprint density at radius 3 is 2.15 bits per heavy atom. The van der Waals surface area contributed by atoms with E-state index in [2.05, 4.69) is 34.4 Å². The van der Waals surface area contributed by atoms with Gasteiger partial charge in [-0.15, -0.1) is 0 Å². The van der Waals surface area contributed by atoms with Gasteiger partial charge < -0.3 is 15.7 Å². The van der Waals surface area contributed by atoms with Crippen LogP contribution >= 0.6 is 0 Å². The van der Waals surface area contributed by atoms with Gasteiger partial charge in [0.25, 0.3) is 0 Å². The van der Waals surface area contributed by atoms with E-state index >= 15 is 0 Å². The highest BCUT2D eigenvalue weighted by molar-refractivity contribution is 5.60. The molecule has 5 heteroatoms. The van der Waals surface area contributed by atoms with Gasteiger partial charge in [0.05, 0.1) is 11.1 Å². The summed E-state index contributed by atoms with van der Waals surface area (Å²) >= 11 is 0. The first-order chi connectivity index (χ1) is 9.10. The normalized spacial score (nSPS) is 12.7. The number of aromatic nitrogens is 2. The molecule has 0 aliphatic heterocycles. The summed E-state index contributed by atoms with van der Waals surface area (Å²) in [6, 6.07) is 0. The molecule has 1 aromatic rings. The number of hydrogen-bond donors (Lipinski definition) is 3. The molecular weight excluding hydrogens is 252 g/mol. The van der Waals surface area contributed by atoms with E-state index in [0.29, 0.717) is 0 Å². The van der Waals surface area contributed by atoms with Gasteiger partial charge in [0.15, 0.2) is 0 Å². The van der Waals surface area contributed by atoms with Gasteiger partial charge in [0.2, 0.25) is 0 Å². The lowest BCUT2D eigenvalue weighted by molar-refractivity contribution is 0.0238. The summed E-state index contributed by atoms with van der Waals surface area (Å²) < 4.78 is 0. The minimum absolute atomic E-state index is 0.283. The smallest absolute Gasteiger partial charge is 0.135 e. The zero-order valence-electron chi connectivity index (χ0n) is 13.7. The van der Waals surface area contributed by atoms with Crippen molar-refractivity contribution < 1.29 is 5.11 Å². The van der Waals surface area contributed by atoms with E-state index in [0.717, 1.165) is 23.7 Å². The molecule has 20 heavy (non-hydrogen) atoms. The SMILES string of the molecule is CCNc1ncnc(NC(C)(C)C(C)(C)O)c1C(C)C. The highest BCUT2D eigenvalue weighted by Crippen LogP contribution is 2.32. The van der Waals surface area contributed by atoms with Gasteiger partial charge in [-0.25, -0.2) is 9.97 Å². The number of aliphatic hydroxyl groups is 1. The van der Waals surface area contributed by atoms with Gasteiger partial charge in [0, 0.05) is 12.1 Å². The van der Waals surface area contributed by atoms with Gasteiger partial charge in [-0.3, -0.25) is 0 Å². The molecule has 1 rings (SSSR count). The number of hydrogen-bond acceptors (Lipinski definition) is 5. The van der Waals surface area contributed by atoms with Crippen molar-refractivity contribution in [2.24, 2.45) is 0 Å². The van der Waals surface area contributed by atoms with E-state index in [9.17, 15) is 5.11 Å². The molecule has 5 nitrogen and oxygen atoms in total. The van der Waals surface area contributed by atoms with Crippen molar-refractivity contribution in [1.29, 1.82) is 0 Å². The van der Waals surface area contributed by atoms with Crippen LogP contribution in [0.4, 0.5) is 11.6 Å². The molecule has 0 spiro atoms. The maximum atomic E-state index is 10.3. The van der Waals surface area contributed by atoms with E-state index in [1.54, 1.807) is 20.2 Å². The standard InChI is InChI=1S/C15H28N4O/c1-8-16-12-11(10(2)3)13(18-9-17-12)19-14(4,5)15(6,7)20/h9-10,20H,8H2,1-7H3,(H2,16,17,18,19). The molecule has 0 saturated carbocycles. The minimum Gasteiger partial charge on any atom is -0.388 e. The lowest BCUT2D eigenvalue weighted by Crippen LogP contribution is -2.51. The average Bonchev–Trinajstić information content (AvgIpc) is 2.27. The molecule has 0 radical (unpaired) electrons. The summed E-state index contributed by atoms with van der Waals surface area (Å²) in [4.78, 5) is 8.69. The molecule has 0 atom stereocenters. The molecule has 0 fully saturated rings. The zero-order valence-corrected chi connectivity index (χ0v) is 13.7. The Bertz CT molecular complexity index is 450. The molecule has 1 aromatic heterocycles.